The molecule has 2 unspecified atom stereocenters. The fraction of sp³-hybridized carbons (Fsp3) is 0.417. The molecule has 1 aliphatic heterocycles. The van der Waals surface area contributed by atoms with Crippen LogP contribution in [0.25, 0.3) is 11.4 Å². The van der Waals surface area contributed by atoms with Gasteiger partial charge in [-0.2, -0.15) is 4.98 Å². The number of rotatable bonds is 2. The average molecular weight is 326 g/mol. The first-order chi connectivity index (χ1) is 9.24. The van der Waals surface area contributed by atoms with E-state index in [4.69, 9.17) is 9.26 Å². The van der Waals surface area contributed by atoms with Gasteiger partial charge < -0.3 is 14.4 Å². The number of hydrogen-bond donors (Lipinski definition) is 1. The minimum Gasteiger partial charge on any atom is -0.392 e. The third-order valence-corrected chi connectivity index (χ3v) is 3.48. The zero-order valence-corrected chi connectivity index (χ0v) is 11.6. The molecule has 1 aliphatic rings. The molecule has 100 valence electrons. The first-order valence-electron chi connectivity index (χ1n) is 5.94. The van der Waals surface area contributed by atoms with Crippen molar-refractivity contribution >= 4 is 15.9 Å². The largest absolute Gasteiger partial charge is 0.392 e. The van der Waals surface area contributed by atoms with E-state index >= 15 is 0 Å². The maximum atomic E-state index is 9.92. The first kappa shape index (κ1) is 12.7. The highest BCUT2D eigenvalue weighted by atomic mass is 79.9. The number of hydrogen-bond acceptors (Lipinski definition) is 6. The predicted octanol–water partition coefficient (Wildman–Crippen LogP) is 1.76. The Morgan fingerprint density at radius 1 is 1.37 bits per heavy atom. The minimum atomic E-state index is -0.498. The van der Waals surface area contributed by atoms with Crippen LogP contribution in [0.4, 0.5) is 0 Å². The van der Waals surface area contributed by atoms with Gasteiger partial charge in [0.25, 0.3) is 0 Å². The van der Waals surface area contributed by atoms with Crippen molar-refractivity contribution in [3.05, 3.63) is 28.8 Å². The maximum Gasteiger partial charge on any atom is 0.235 e. The molecule has 7 heteroatoms. The van der Waals surface area contributed by atoms with Gasteiger partial charge in [0.1, 0.15) is 0 Å². The van der Waals surface area contributed by atoms with Crippen LogP contribution in [0.5, 0.6) is 0 Å². The number of aromatic nitrogens is 3. The summed E-state index contributed by atoms with van der Waals surface area (Å²) in [6.45, 7) is 0.966. The summed E-state index contributed by atoms with van der Waals surface area (Å²) in [6, 6.07) is 1.86. The van der Waals surface area contributed by atoms with E-state index in [1.807, 2.05) is 6.07 Å². The highest BCUT2D eigenvalue weighted by molar-refractivity contribution is 9.10. The lowest BCUT2D eigenvalue weighted by atomic mass is 9.99. The molecule has 0 amide bonds. The number of ether oxygens (including phenoxy) is 1. The number of aliphatic hydroxyl groups excluding tert-OH is 1. The van der Waals surface area contributed by atoms with Gasteiger partial charge in [0.15, 0.2) is 0 Å². The number of aliphatic hydroxyl groups is 1. The van der Waals surface area contributed by atoms with Gasteiger partial charge in [0.2, 0.25) is 11.7 Å². The zero-order valence-electron chi connectivity index (χ0n) is 9.99. The molecule has 2 atom stereocenters. The van der Waals surface area contributed by atoms with Gasteiger partial charge in [-0.05, 0) is 28.4 Å². The standard InChI is InChI=1S/C12H12BrN3O3/c13-8-3-7(4-14-5-8)11-15-12(19-16-11)9-6-18-2-1-10(9)17/h3-5,9-10,17H,1-2,6H2. The van der Waals surface area contributed by atoms with E-state index in [1.54, 1.807) is 12.4 Å². The molecule has 0 aromatic carbocycles. The third kappa shape index (κ3) is 2.68. The molecule has 1 fully saturated rings. The molecule has 2 aromatic heterocycles. The molecule has 0 saturated carbocycles. The number of halogens is 1. The van der Waals surface area contributed by atoms with Crippen LogP contribution in [-0.2, 0) is 4.74 Å². The summed E-state index contributed by atoms with van der Waals surface area (Å²) in [7, 11) is 0. The Morgan fingerprint density at radius 2 is 2.26 bits per heavy atom. The SMILES string of the molecule is OC1CCOCC1c1nc(-c2cncc(Br)c2)no1. The lowest BCUT2D eigenvalue weighted by Crippen LogP contribution is -2.30. The van der Waals surface area contributed by atoms with E-state index in [0.717, 1.165) is 10.0 Å². The number of nitrogens with zero attached hydrogens (tertiary/aromatic N) is 3. The monoisotopic (exact) mass is 325 g/mol. The molecule has 0 radical (unpaired) electrons. The van der Waals surface area contributed by atoms with Gasteiger partial charge in [-0.25, -0.2) is 0 Å². The van der Waals surface area contributed by atoms with Crippen LogP contribution in [0, 0.1) is 0 Å². The normalized spacial score (nSPS) is 23.5. The van der Waals surface area contributed by atoms with E-state index in [9.17, 15) is 5.11 Å². The summed E-state index contributed by atoms with van der Waals surface area (Å²) >= 11 is 3.34. The van der Waals surface area contributed by atoms with Crippen molar-refractivity contribution in [1.82, 2.24) is 15.1 Å². The Bertz CT molecular complexity index is 575. The molecule has 0 spiro atoms. The average Bonchev–Trinajstić information content (AvgIpc) is 2.89. The Morgan fingerprint density at radius 3 is 3.05 bits per heavy atom. The van der Waals surface area contributed by atoms with Gasteiger partial charge in [-0.15, -0.1) is 0 Å². The molecule has 1 saturated heterocycles. The molecular formula is C12H12BrN3O3. The van der Waals surface area contributed by atoms with Crippen molar-refractivity contribution in [1.29, 1.82) is 0 Å². The highest BCUT2D eigenvalue weighted by Gasteiger charge is 2.30. The number of pyridine rings is 1. The quantitative estimate of drug-likeness (QED) is 0.906. The predicted molar refractivity (Wildman–Crippen MR) is 69.4 cm³/mol. The van der Waals surface area contributed by atoms with Crippen LogP contribution in [-0.4, -0.2) is 39.5 Å². The van der Waals surface area contributed by atoms with E-state index in [0.29, 0.717) is 31.3 Å². The Hall–Kier alpha value is -1.31. The lowest BCUT2D eigenvalue weighted by Gasteiger charge is -2.24. The van der Waals surface area contributed by atoms with E-state index in [-0.39, 0.29) is 5.92 Å². The van der Waals surface area contributed by atoms with Crippen LogP contribution in [0.1, 0.15) is 18.2 Å². The smallest absolute Gasteiger partial charge is 0.235 e. The second kappa shape index (κ2) is 5.36. The van der Waals surface area contributed by atoms with Crippen LogP contribution in [0.15, 0.2) is 27.5 Å². The van der Waals surface area contributed by atoms with Gasteiger partial charge in [-0.3, -0.25) is 4.98 Å². The maximum absolute atomic E-state index is 9.92. The van der Waals surface area contributed by atoms with Crippen molar-refractivity contribution in [2.24, 2.45) is 0 Å². The van der Waals surface area contributed by atoms with E-state index < -0.39 is 6.10 Å². The molecular weight excluding hydrogens is 314 g/mol. The van der Waals surface area contributed by atoms with Crippen LogP contribution >= 0.6 is 15.9 Å². The third-order valence-electron chi connectivity index (χ3n) is 3.04. The fourth-order valence-corrected chi connectivity index (χ4v) is 2.36. The Balaban J connectivity index is 1.86. The molecule has 6 nitrogen and oxygen atoms in total. The summed E-state index contributed by atoms with van der Waals surface area (Å²) in [6.07, 6.45) is 3.43. The van der Waals surface area contributed by atoms with Crippen molar-refractivity contribution in [2.45, 2.75) is 18.4 Å². The van der Waals surface area contributed by atoms with Crippen molar-refractivity contribution in [2.75, 3.05) is 13.2 Å². The second-order valence-electron chi connectivity index (χ2n) is 4.39. The summed E-state index contributed by atoms with van der Waals surface area (Å²) in [5, 5.41) is 13.8. The Kier molecular flexibility index (Phi) is 3.58. The van der Waals surface area contributed by atoms with Gasteiger partial charge in [-0.1, -0.05) is 5.16 Å². The van der Waals surface area contributed by atoms with E-state index in [2.05, 4.69) is 31.1 Å². The zero-order chi connectivity index (χ0) is 13.2. The van der Waals surface area contributed by atoms with E-state index in [1.165, 1.54) is 0 Å². The van der Waals surface area contributed by atoms with Crippen molar-refractivity contribution in [3.63, 3.8) is 0 Å². The molecule has 0 aliphatic carbocycles. The van der Waals surface area contributed by atoms with Gasteiger partial charge in [0.05, 0.1) is 18.6 Å². The molecule has 0 bridgehead atoms. The van der Waals surface area contributed by atoms with Crippen molar-refractivity contribution in [3.8, 4) is 11.4 Å². The minimum absolute atomic E-state index is 0.255. The summed E-state index contributed by atoms with van der Waals surface area (Å²) in [4.78, 5) is 8.37. The second-order valence-corrected chi connectivity index (χ2v) is 5.30. The lowest BCUT2D eigenvalue weighted by molar-refractivity contribution is -0.0149. The van der Waals surface area contributed by atoms with Gasteiger partial charge in [0, 0.05) is 29.0 Å². The summed E-state index contributed by atoms with van der Waals surface area (Å²) in [5.74, 6) is 0.610. The topological polar surface area (TPSA) is 81.3 Å². The van der Waals surface area contributed by atoms with Crippen molar-refractivity contribution < 1.29 is 14.4 Å². The fourth-order valence-electron chi connectivity index (χ4n) is 2.00. The molecule has 19 heavy (non-hydrogen) atoms. The first-order valence-corrected chi connectivity index (χ1v) is 6.73. The highest BCUT2D eigenvalue weighted by Crippen LogP contribution is 2.27. The van der Waals surface area contributed by atoms with Crippen LogP contribution in [0.3, 0.4) is 0 Å². The summed E-state index contributed by atoms with van der Waals surface area (Å²) < 4.78 is 11.4. The Labute approximate surface area is 117 Å². The molecule has 1 N–H and O–H groups in total. The summed E-state index contributed by atoms with van der Waals surface area (Å²) in [5.41, 5.74) is 0.760. The molecule has 2 aromatic rings. The molecule has 3 heterocycles. The van der Waals surface area contributed by atoms with Crippen LogP contribution < -0.4 is 0 Å². The van der Waals surface area contributed by atoms with Gasteiger partial charge >= 0.3 is 0 Å². The van der Waals surface area contributed by atoms with Crippen LogP contribution in [0.2, 0.25) is 0 Å². The molecule has 3 rings (SSSR count).